The number of benzene rings is 3. The third kappa shape index (κ3) is 5.65. The van der Waals surface area contributed by atoms with E-state index < -0.39 is 7.26 Å². The number of carbonyl (C=O) groups excluding carboxylic acids is 1. The van der Waals surface area contributed by atoms with Gasteiger partial charge in [-0.05, 0) is 49.2 Å². The zero-order valence-electron chi connectivity index (χ0n) is 16.6. The van der Waals surface area contributed by atoms with Crippen LogP contribution in [0.5, 0.6) is 0 Å². The number of allylic oxidation sites excluding steroid dienone is 1. The van der Waals surface area contributed by atoms with E-state index >= 15 is 0 Å². The largest absolute Gasteiger partial charge is 1.00 e. The summed E-state index contributed by atoms with van der Waals surface area (Å²) in [4.78, 5) is 11.3. The van der Waals surface area contributed by atoms with E-state index in [-0.39, 0.29) is 23.0 Å². The first-order chi connectivity index (χ1) is 13.8. The van der Waals surface area contributed by atoms with E-state index in [0.717, 1.165) is 19.0 Å². The fourth-order valence-electron chi connectivity index (χ4n) is 3.58. The minimum absolute atomic E-state index is 0. The first-order valence-electron chi connectivity index (χ1n) is 9.57. The maximum Gasteiger partial charge on any atom is 0.330 e. The number of unbranched alkanes of at least 4 members (excludes halogenated alkanes) is 1. The summed E-state index contributed by atoms with van der Waals surface area (Å²) in [6.45, 7) is 0. The van der Waals surface area contributed by atoms with E-state index in [1.165, 1.54) is 29.1 Å². The summed E-state index contributed by atoms with van der Waals surface area (Å²) in [6.07, 6.45) is 6.34. The fourth-order valence-corrected chi connectivity index (χ4v) is 7.95. The predicted octanol–water partition coefficient (Wildman–Crippen LogP) is 1.49. The average Bonchev–Trinajstić information content (AvgIpc) is 2.78. The Morgan fingerprint density at radius 1 is 0.793 bits per heavy atom. The zero-order chi connectivity index (χ0) is 19.7. The molecule has 0 aliphatic heterocycles. The van der Waals surface area contributed by atoms with Gasteiger partial charge in [-0.3, -0.25) is 0 Å². The topological polar surface area (TPSA) is 26.3 Å². The van der Waals surface area contributed by atoms with Gasteiger partial charge in [0.2, 0.25) is 0 Å². The van der Waals surface area contributed by atoms with Gasteiger partial charge in [0, 0.05) is 6.08 Å². The van der Waals surface area contributed by atoms with Crippen molar-refractivity contribution >= 4 is 29.1 Å². The number of hydrogen-bond donors (Lipinski definition) is 0. The molecule has 0 atom stereocenters. The Labute approximate surface area is 184 Å². The predicted molar refractivity (Wildman–Crippen MR) is 120 cm³/mol. The number of halogens is 1. The van der Waals surface area contributed by atoms with Gasteiger partial charge < -0.3 is 21.7 Å². The van der Waals surface area contributed by atoms with Crippen molar-refractivity contribution in [3.63, 3.8) is 0 Å². The van der Waals surface area contributed by atoms with Crippen molar-refractivity contribution in [2.45, 2.75) is 12.8 Å². The summed E-state index contributed by atoms with van der Waals surface area (Å²) < 4.78 is 4.69. The number of esters is 1. The molecule has 3 rings (SSSR count). The molecule has 3 aromatic rings. The summed E-state index contributed by atoms with van der Waals surface area (Å²) in [5, 5.41) is 4.18. The Hall–Kier alpha value is -2.22. The van der Waals surface area contributed by atoms with Gasteiger partial charge in [0.25, 0.3) is 0 Å². The van der Waals surface area contributed by atoms with Crippen LogP contribution in [-0.4, -0.2) is 19.2 Å². The SMILES string of the molecule is COC(=O)/C=C/CCC[P+](c1ccccc1)(c1ccccc1)c1ccccc1.[Br-]. The molecule has 0 fully saturated rings. The molecule has 0 amide bonds. The summed E-state index contributed by atoms with van der Waals surface area (Å²) in [5.41, 5.74) is 0. The lowest BCUT2D eigenvalue weighted by Crippen LogP contribution is -3.00. The van der Waals surface area contributed by atoms with Crippen molar-refractivity contribution < 1.29 is 26.5 Å². The third-order valence-corrected chi connectivity index (χ3v) is 9.44. The maximum atomic E-state index is 11.3. The highest BCUT2D eigenvalue weighted by Crippen LogP contribution is 2.55. The standard InChI is InChI=1S/C25H26O2P.BrH/c1-27-25(26)20-12-5-13-21-28(22-14-6-2-7-15-22,23-16-8-3-9-17-23)24-18-10-4-11-19-24;/h2-4,6-12,14-20H,5,13,21H2,1H3;1H/q+1;/p-1/b20-12+;. The number of hydrogen-bond acceptors (Lipinski definition) is 2. The van der Waals surface area contributed by atoms with Crippen LogP contribution in [0.3, 0.4) is 0 Å². The molecule has 0 N–H and O–H groups in total. The molecule has 0 saturated heterocycles. The Kier molecular flexibility index (Phi) is 9.31. The molecule has 0 bridgehead atoms. The highest BCUT2D eigenvalue weighted by atomic mass is 79.9. The van der Waals surface area contributed by atoms with Crippen molar-refractivity contribution in [2.24, 2.45) is 0 Å². The van der Waals surface area contributed by atoms with Crippen molar-refractivity contribution in [3.8, 4) is 0 Å². The minimum Gasteiger partial charge on any atom is -1.00 e. The molecule has 0 aliphatic carbocycles. The lowest BCUT2D eigenvalue weighted by Gasteiger charge is -2.27. The average molecular weight is 469 g/mol. The maximum absolute atomic E-state index is 11.3. The second-order valence-electron chi connectivity index (χ2n) is 6.61. The highest BCUT2D eigenvalue weighted by molar-refractivity contribution is 7.95. The van der Waals surface area contributed by atoms with E-state index in [1.807, 2.05) is 6.08 Å². The number of carbonyl (C=O) groups is 1. The van der Waals surface area contributed by atoms with Crippen molar-refractivity contribution in [1.29, 1.82) is 0 Å². The van der Waals surface area contributed by atoms with Crippen molar-refractivity contribution in [2.75, 3.05) is 13.3 Å². The highest BCUT2D eigenvalue weighted by Gasteiger charge is 2.44. The summed E-state index contributed by atoms with van der Waals surface area (Å²) in [7, 11) is -0.368. The third-order valence-electron chi connectivity index (χ3n) is 4.91. The van der Waals surface area contributed by atoms with Crippen LogP contribution in [0.2, 0.25) is 0 Å². The van der Waals surface area contributed by atoms with Crippen LogP contribution in [0.4, 0.5) is 0 Å². The van der Waals surface area contributed by atoms with Crippen LogP contribution in [-0.2, 0) is 9.53 Å². The van der Waals surface area contributed by atoms with Crippen LogP contribution in [0.15, 0.2) is 103 Å². The van der Waals surface area contributed by atoms with Crippen LogP contribution in [0.25, 0.3) is 0 Å². The molecule has 4 heteroatoms. The minimum atomic E-state index is -1.77. The Balaban J connectivity index is 0.00000300. The van der Waals surface area contributed by atoms with Gasteiger partial charge in [-0.2, -0.15) is 0 Å². The van der Waals surface area contributed by atoms with Crippen LogP contribution in [0.1, 0.15) is 12.8 Å². The van der Waals surface area contributed by atoms with E-state index in [9.17, 15) is 4.79 Å². The molecule has 29 heavy (non-hydrogen) atoms. The van der Waals surface area contributed by atoms with Gasteiger partial charge in [-0.25, -0.2) is 4.79 Å². The van der Waals surface area contributed by atoms with Crippen molar-refractivity contribution in [1.82, 2.24) is 0 Å². The van der Waals surface area contributed by atoms with E-state index in [1.54, 1.807) is 0 Å². The van der Waals surface area contributed by atoms with Crippen LogP contribution in [0, 0.1) is 0 Å². The monoisotopic (exact) mass is 468 g/mol. The Morgan fingerprint density at radius 3 is 1.59 bits per heavy atom. The Bertz CT molecular complexity index is 799. The molecule has 0 aromatic heterocycles. The number of rotatable bonds is 8. The lowest BCUT2D eigenvalue weighted by molar-refractivity contribution is -0.134. The van der Waals surface area contributed by atoms with Gasteiger partial charge in [-0.15, -0.1) is 0 Å². The first-order valence-corrected chi connectivity index (χ1v) is 11.5. The van der Waals surface area contributed by atoms with Gasteiger partial charge in [-0.1, -0.05) is 60.7 Å². The van der Waals surface area contributed by atoms with E-state index in [4.69, 9.17) is 0 Å². The molecule has 2 nitrogen and oxygen atoms in total. The molecule has 0 spiro atoms. The van der Waals surface area contributed by atoms with Crippen LogP contribution < -0.4 is 32.9 Å². The fraction of sp³-hybridized carbons (Fsp3) is 0.160. The molecule has 0 heterocycles. The Morgan fingerprint density at radius 2 is 1.21 bits per heavy atom. The first kappa shape index (κ1) is 23.1. The van der Waals surface area contributed by atoms with Crippen molar-refractivity contribution in [3.05, 3.63) is 103 Å². The van der Waals surface area contributed by atoms with Crippen LogP contribution >= 0.6 is 7.26 Å². The normalized spacial score (nSPS) is 11.1. The molecular weight excluding hydrogens is 443 g/mol. The molecule has 0 radical (unpaired) electrons. The summed E-state index contributed by atoms with van der Waals surface area (Å²) in [5.74, 6) is -0.296. The second kappa shape index (κ2) is 11.7. The molecule has 3 aromatic carbocycles. The number of methoxy groups -OCH3 is 1. The number of ether oxygens (including phenoxy) is 1. The van der Waals surface area contributed by atoms with E-state index in [2.05, 4.69) is 95.7 Å². The second-order valence-corrected chi connectivity index (χ2v) is 10.2. The molecule has 150 valence electrons. The van der Waals surface area contributed by atoms with Gasteiger partial charge >= 0.3 is 5.97 Å². The molecular formula is C25H26BrO2P. The molecule has 0 aliphatic rings. The molecule has 0 saturated carbocycles. The molecule has 0 unspecified atom stereocenters. The summed E-state index contributed by atoms with van der Waals surface area (Å²) in [6, 6.07) is 32.6. The van der Waals surface area contributed by atoms with Gasteiger partial charge in [0.15, 0.2) is 0 Å². The quantitative estimate of drug-likeness (QED) is 0.216. The smallest absolute Gasteiger partial charge is 0.330 e. The summed E-state index contributed by atoms with van der Waals surface area (Å²) >= 11 is 0. The zero-order valence-corrected chi connectivity index (χ0v) is 19.1. The van der Waals surface area contributed by atoms with E-state index in [0.29, 0.717) is 0 Å². The van der Waals surface area contributed by atoms with Gasteiger partial charge in [0.05, 0.1) is 13.3 Å². The lowest BCUT2D eigenvalue weighted by atomic mass is 10.3. The van der Waals surface area contributed by atoms with Gasteiger partial charge in [0.1, 0.15) is 23.2 Å².